The number of fused-ring (bicyclic) bond motifs is 1. The van der Waals surface area contributed by atoms with Gasteiger partial charge in [-0.3, -0.25) is 9.69 Å². The van der Waals surface area contributed by atoms with Gasteiger partial charge in [0.15, 0.2) is 11.3 Å². The molecule has 1 aliphatic heterocycles. The van der Waals surface area contributed by atoms with Crippen LogP contribution in [0.1, 0.15) is 46.9 Å². The summed E-state index contributed by atoms with van der Waals surface area (Å²) in [5.74, 6) is -0.0975. The SMILES string of the molecule is CC(C)c1ccc(-c2cc(C(F)(F)F)n3ncc(C(=O)N4CCN(Cc5ccccc5Cl)CC4)c3n2)cc1. The summed E-state index contributed by atoms with van der Waals surface area (Å²) in [7, 11) is 0. The van der Waals surface area contributed by atoms with E-state index in [9.17, 15) is 18.0 Å². The summed E-state index contributed by atoms with van der Waals surface area (Å²) in [5.41, 5.74) is 1.72. The molecular weight excluding hydrogens is 515 g/mol. The van der Waals surface area contributed by atoms with Gasteiger partial charge in [-0.15, -0.1) is 0 Å². The number of alkyl halides is 3. The third kappa shape index (κ3) is 5.26. The van der Waals surface area contributed by atoms with Crippen LogP contribution in [0.25, 0.3) is 16.9 Å². The number of rotatable bonds is 5. The molecule has 38 heavy (non-hydrogen) atoms. The van der Waals surface area contributed by atoms with E-state index in [4.69, 9.17) is 11.6 Å². The summed E-state index contributed by atoms with van der Waals surface area (Å²) in [5, 5.41) is 4.61. The molecule has 1 fully saturated rings. The van der Waals surface area contributed by atoms with Gasteiger partial charge in [0.25, 0.3) is 5.91 Å². The molecule has 6 nitrogen and oxygen atoms in total. The zero-order chi connectivity index (χ0) is 27.0. The van der Waals surface area contributed by atoms with Crippen molar-refractivity contribution in [3.8, 4) is 11.3 Å². The molecule has 2 aromatic carbocycles. The van der Waals surface area contributed by atoms with Crippen LogP contribution >= 0.6 is 11.6 Å². The molecule has 0 bridgehead atoms. The molecule has 5 rings (SSSR count). The number of amides is 1. The van der Waals surface area contributed by atoms with Gasteiger partial charge in [-0.05, 0) is 29.2 Å². The summed E-state index contributed by atoms with van der Waals surface area (Å²) in [6.07, 6.45) is -3.49. The molecule has 4 aromatic rings. The van der Waals surface area contributed by atoms with E-state index in [1.807, 2.05) is 50.2 Å². The molecule has 0 saturated carbocycles. The molecule has 3 heterocycles. The molecule has 1 aliphatic rings. The predicted octanol–water partition coefficient (Wildman–Crippen LogP) is 6.15. The molecular formula is C28H27ClF3N5O. The molecule has 0 aliphatic carbocycles. The minimum atomic E-state index is -4.68. The number of aromatic nitrogens is 3. The molecule has 1 saturated heterocycles. The van der Waals surface area contributed by atoms with Crippen molar-refractivity contribution in [2.24, 2.45) is 0 Å². The fraction of sp³-hybridized carbons (Fsp3) is 0.321. The summed E-state index contributed by atoms with van der Waals surface area (Å²) in [6.45, 7) is 6.85. The van der Waals surface area contributed by atoms with E-state index in [0.717, 1.165) is 17.2 Å². The Kier molecular flexibility index (Phi) is 7.15. The second-order valence-corrected chi connectivity index (χ2v) is 10.2. The molecule has 10 heteroatoms. The van der Waals surface area contributed by atoms with Crippen LogP contribution in [0.5, 0.6) is 0 Å². The zero-order valence-electron chi connectivity index (χ0n) is 21.0. The van der Waals surface area contributed by atoms with Crippen LogP contribution in [-0.2, 0) is 12.7 Å². The lowest BCUT2D eigenvalue weighted by Crippen LogP contribution is -2.48. The first-order valence-electron chi connectivity index (χ1n) is 12.4. The number of nitrogens with zero attached hydrogens (tertiary/aromatic N) is 5. The van der Waals surface area contributed by atoms with Gasteiger partial charge in [0.2, 0.25) is 0 Å². The molecule has 0 atom stereocenters. The first kappa shape index (κ1) is 26.2. The van der Waals surface area contributed by atoms with Gasteiger partial charge in [-0.1, -0.05) is 67.9 Å². The summed E-state index contributed by atoms with van der Waals surface area (Å²) in [4.78, 5) is 21.7. The van der Waals surface area contributed by atoms with E-state index in [0.29, 0.717) is 47.8 Å². The van der Waals surface area contributed by atoms with Gasteiger partial charge < -0.3 is 4.90 Å². The monoisotopic (exact) mass is 541 g/mol. The number of halogens is 4. The van der Waals surface area contributed by atoms with E-state index in [1.165, 1.54) is 6.20 Å². The highest BCUT2D eigenvalue weighted by Gasteiger charge is 2.36. The van der Waals surface area contributed by atoms with Crippen molar-refractivity contribution >= 4 is 23.2 Å². The Morgan fingerprint density at radius 3 is 2.34 bits per heavy atom. The second-order valence-electron chi connectivity index (χ2n) is 9.75. The lowest BCUT2D eigenvalue weighted by molar-refractivity contribution is -0.142. The standard InChI is InChI=1S/C28H27ClF3N5O/c1-18(2)19-7-9-20(10-8-19)24-15-25(28(30,31)32)37-26(34-24)22(16-33-37)27(38)36-13-11-35(12-14-36)17-21-5-3-4-6-23(21)29/h3-10,15-16,18H,11-14,17H2,1-2H3. The van der Waals surface area contributed by atoms with Crippen LogP contribution in [0.2, 0.25) is 5.02 Å². The highest BCUT2D eigenvalue weighted by atomic mass is 35.5. The predicted molar refractivity (Wildman–Crippen MR) is 140 cm³/mol. The lowest BCUT2D eigenvalue weighted by atomic mass is 10.0. The smallest absolute Gasteiger partial charge is 0.336 e. The third-order valence-electron chi connectivity index (χ3n) is 6.88. The van der Waals surface area contributed by atoms with E-state index in [-0.39, 0.29) is 28.7 Å². The molecule has 1 amide bonds. The van der Waals surface area contributed by atoms with Crippen molar-refractivity contribution < 1.29 is 18.0 Å². The Bertz CT molecular complexity index is 1460. The van der Waals surface area contributed by atoms with Crippen molar-refractivity contribution in [1.29, 1.82) is 0 Å². The largest absolute Gasteiger partial charge is 0.433 e. The molecule has 0 radical (unpaired) electrons. The van der Waals surface area contributed by atoms with Crippen molar-refractivity contribution in [2.75, 3.05) is 26.2 Å². The van der Waals surface area contributed by atoms with Crippen LogP contribution in [0.3, 0.4) is 0 Å². The maximum Gasteiger partial charge on any atom is 0.433 e. The zero-order valence-corrected chi connectivity index (χ0v) is 21.8. The van der Waals surface area contributed by atoms with E-state index >= 15 is 0 Å². The van der Waals surface area contributed by atoms with Gasteiger partial charge >= 0.3 is 6.18 Å². The third-order valence-corrected chi connectivity index (χ3v) is 7.25. The Labute approximate surface area is 223 Å². The van der Waals surface area contributed by atoms with Crippen LogP contribution in [-0.4, -0.2) is 56.5 Å². The van der Waals surface area contributed by atoms with Gasteiger partial charge in [0.05, 0.1) is 11.9 Å². The quantitative estimate of drug-likeness (QED) is 0.304. The highest BCUT2D eigenvalue weighted by molar-refractivity contribution is 6.31. The Hall–Kier alpha value is -3.43. The molecule has 0 spiro atoms. The number of piperazine rings is 1. The van der Waals surface area contributed by atoms with Crippen LogP contribution in [0.4, 0.5) is 13.2 Å². The van der Waals surface area contributed by atoms with E-state index in [2.05, 4.69) is 15.0 Å². The first-order chi connectivity index (χ1) is 18.1. The Balaban J connectivity index is 1.42. The minimum absolute atomic E-state index is 0.0516. The average Bonchev–Trinajstić information content (AvgIpc) is 3.33. The normalized spacial score (nSPS) is 15.0. The maximum absolute atomic E-state index is 14.0. The van der Waals surface area contributed by atoms with Crippen molar-refractivity contribution in [3.63, 3.8) is 0 Å². The second kappa shape index (κ2) is 10.4. The number of hydrogen-bond acceptors (Lipinski definition) is 4. The number of carbonyl (C=O) groups is 1. The van der Waals surface area contributed by atoms with Crippen molar-refractivity contribution in [3.05, 3.63) is 88.2 Å². The molecule has 0 unspecified atom stereocenters. The summed E-state index contributed by atoms with van der Waals surface area (Å²) in [6, 6.07) is 15.9. The Morgan fingerprint density at radius 2 is 1.71 bits per heavy atom. The molecule has 198 valence electrons. The number of hydrogen-bond donors (Lipinski definition) is 0. The summed E-state index contributed by atoms with van der Waals surface area (Å²) >= 11 is 6.28. The van der Waals surface area contributed by atoms with E-state index in [1.54, 1.807) is 17.0 Å². The lowest BCUT2D eigenvalue weighted by Gasteiger charge is -2.34. The molecule has 0 N–H and O–H groups in total. The molecule has 2 aromatic heterocycles. The fourth-order valence-electron chi connectivity index (χ4n) is 4.65. The average molecular weight is 542 g/mol. The van der Waals surface area contributed by atoms with Crippen LogP contribution < -0.4 is 0 Å². The number of carbonyl (C=O) groups excluding carboxylic acids is 1. The number of benzene rings is 2. The summed E-state index contributed by atoms with van der Waals surface area (Å²) < 4.78 is 42.7. The van der Waals surface area contributed by atoms with Crippen molar-refractivity contribution in [1.82, 2.24) is 24.4 Å². The topological polar surface area (TPSA) is 53.7 Å². The minimum Gasteiger partial charge on any atom is -0.336 e. The van der Waals surface area contributed by atoms with Gasteiger partial charge in [-0.25, -0.2) is 9.50 Å². The van der Waals surface area contributed by atoms with Gasteiger partial charge in [0.1, 0.15) is 5.56 Å². The van der Waals surface area contributed by atoms with Crippen LogP contribution in [0.15, 0.2) is 60.8 Å². The first-order valence-corrected chi connectivity index (χ1v) is 12.8. The Morgan fingerprint density at radius 1 is 1.03 bits per heavy atom. The highest BCUT2D eigenvalue weighted by Crippen LogP contribution is 2.33. The fourth-order valence-corrected chi connectivity index (χ4v) is 4.84. The van der Waals surface area contributed by atoms with E-state index < -0.39 is 11.9 Å². The van der Waals surface area contributed by atoms with Gasteiger partial charge in [0, 0.05) is 43.3 Å². The van der Waals surface area contributed by atoms with Crippen LogP contribution in [0, 0.1) is 0 Å². The maximum atomic E-state index is 14.0. The van der Waals surface area contributed by atoms with Gasteiger partial charge in [-0.2, -0.15) is 18.3 Å². The van der Waals surface area contributed by atoms with Crippen molar-refractivity contribution in [2.45, 2.75) is 32.5 Å².